The van der Waals surface area contributed by atoms with Crippen molar-refractivity contribution in [2.45, 2.75) is 6.92 Å². The Morgan fingerprint density at radius 1 is 1.23 bits per heavy atom. The van der Waals surface area contributed by atoms with Crippen molar-refractivity contribution in [1.82, 2.24) is 0 Å². The second-order valence-corrected chi connectivity index (χ2v) is 5.99. The van der Waals surface area contributed by atoms with Gasteiger partial charge in [0, 0.05) is 10.6 Å². The van der Waals surface area contributed by atoms with Crippen LogP contribution in [0.15, 0.2) is 59.2 Å². The molecule has 3 rings (SSSR count). The van der Waals surface area contributed by atoms with Gasteiger partial charge in [-0.25, -0.2) is 4.79 Å². The van der Waals surface area contributed by atoms with Crippen LogP contribution in [0.1, 0.15) is 12.5 Å². The number of hydrogen-bond acceptors (Lipinski definition) is 4. The van der Waals surface area contributed by atoms with E-state index in [0.29, 0.717) is 33.3 Å². The molecule has 26 heavy (non-hydrogen) atoms. The number of anilines is 1. The summed E-state index contributed by atoms with van der Waals surface area (Å²) in [4.78, 5) is 23.5. The fourth-order valence-electron chi connectivity index (χ4n) is 2.47. The van der Waals surface area contributed by atoms with Gasteiger partial charge in [0.25, 0.3) is 5.91 Å². The molecule has 1 amide bonds. The van der Waals surface area contributed by atoms with Gasteiger partial charge in [0.1, 0.15) is 5.75 Å². The number of halogens is 1. The van der Waals surface area contributed by atoms with Crippen molar-refractivity contribution in [3.8, 4) is 5.75 Å². The highest BCUT2D eigenvalue weighted by atomic mass is 35.5. The van der Waals surface area contributed by atoms with Gasteiger partial charge in [0.15, 0.2) is 6.61 Å². The molecule has 0 saturated carbocycles. The van der Waals surface area contributed by atoms with Crippen LogP contribution in [0, 0.1) is 0 Å². The first kappa shape index (κ1) is 17.7. The number of hydrogen-bond donors (Lipinski definition) is 1. The molecule has 1 aliphatic heterocycles. The Labute approximate surface area is 155 Å². The van der Waals surface area contributed by atoms with Crippen LogP contribution >= 0.6 is 11.6 Å². The number of nitrogens with zero attached hydrogens (tertiary/aromatic N) is 2. The molecule has 0 saturated heterocycles. The van der Waals surface area contributed by atoms with E-state index in [1.54, 1.807) is 61.5 Å². The van der Waals surface area contributed by atoms with Crippen molar-refractivity contribution < 1.29 is 19.4 Å². The molecule has 0 aliphatic carbocycles. The van der Waals surface area contributed by atoms with Crippen LogP contribution in [0.5, 0.6) is 5.75 Å². The molecular weight excluding hydrogens is 356 g/mol. The average Bonchev–Trinajstić information content (AvgIpc) is 2.90. The van der Waals surface area contributed by atoms with E-state index in [-0.39, 0.29) is 5.91 Å². The number of carboxylic acid groups (broad SMARTS) is 1. The van der Waals surface area contributed by atoms with Gasteiger partial charge < -0.3 is 9.84 Å². The lowest BCUT2D eigenvalue weighted by atomic mass is 10.1. The number of rotatable bonds is 5. The number of benzene rings is 2. The maximum Gasteiger partial charge on any atom is 0.341 e. The molecule has 0 unspecified atom stereocenters. The number of amides is 1. The van der Waals surface area contributed by atoms with Crippen molar-refractivity contribution in [3.05, 3.63) is 64.7 Å². The van der Waals surface area contributed by atoms with Crippen molar-refractivity contribution in [2.24, 2.45) is 5.10 Å². The first-order chi connectivity index (χ1) is 12.5. The van der Waals surface area contributed by atoms with Gasteiger partial charge in [-0.05, 0) is 43.3 Å². The first-order valence-electron chi connectivity index (χ1n) is 7.76. The highest BCUT2D eigenvalue weighted by Gasteiger charge is 2.28. The number of carbonyl (C=O) groups excluding carboxylic acids is 1. The first-order valence-corrected chi connectivity index (χ1v) is 8.14. The Morgan fingerprint density at radius 2 is 1.92 bits per heavy atom. The van der Waals surface area contributed by atoms with Crippen LogP contribution in [0.2, 0.25) is 5.02 Å². The summed E-state index contributed by atoms with van der Waals surface area (Å²) in [6, 6.07) is 13.7. The van der Waals surface area contributed by atoms with Crippen LogP contribution in [-0.4, -0.2) is 29.3 Å². The summed E-state index contributed by atoms with van der Waals surface area (Å²) in [5.41, 5.74) is 2.17. The molecule has 6 nitrogen and oxygen atoms in total. The van der Waals surface area contributed by atoms with E-state index in [1.807, 2.05) is 0 Å². The van der Waals surface area contributed by atoms with E-state index in [2.05, 4.69) is 5.10 Å². The van der Waals surface area contributed by atoms with E-state index in [4.69, 9.17) is 21.4 Å². The van der Waals surface area contributed by atoms with Crippen LogP contribution in [0.3, 0.4) is 0 Å². The molecule has 0 bridgehead atoms. The molecule has 1 N–H and O–H groups in total. The van der Waals surface area contributed by atoms with Crippen molar-refractivity contribution in [2.75, 3.05) is 11.6 Å². The van der Waals surface area contributed by atoms with Gasteiger partial charge in [-0.1, -0.05) is 29.8 Å². The Kier molecular flexibility index (Phi) is 5.04. The SMILES string of the molecule is CC1=NN(c2ccc(Cl)cc2)C(=O)C1=Cc1ccccc1OCC(=O)O. The summed E-state index contributed by atoms with van der Waals surface area (Å²) in [5, 5.41) is 15.0. The largest absolute Gasteiger partial charge is 0.481 e. The topological polar surface area (TPSA) is 79.2 Å². The van der Waals surface area contributed by atoms with Gasteiger partial charge in [0.2, 0.25) is 0 Å². The van der Waals surface area contributed by atoms with Crippen LogP contribution in [0.4, 0.5) is 5.69 Å². The van der Waals surface area contributed by atoms with Crippen LogP contribution in [-0.2, 0) is 9.59 Å². The molecule has 2 aromatic rings. The van der Waals surface area contributed by atoms with Gasteiger partial charge in [-0.15, -0.1) is 0 Å². The zero-order valence-electron chi connectivity index (χ0n) is 13.8. The minimum atomic E-state index is -1.07. The lowest BCUT2D eigenvalue weighted by Gasteiger charge is -2.12. The fraction of sp³-hybridized carbons (Fsp3) is 0.105. The molecule has 0 spiro atoms. The van der Waals surface area contributed by atoms with Crippen molar-refractivity contribution in [3.63, 3.8) is 0 Å². The van der Waals surface area contributed by atoms with E-state index in [9.17, 15) is 9.59 Å². The maximum absolute atomic E-state index is 12.8. The second kappa shape index (κ2) is 7.41. The van der Waals surface area contributed by atoms with E-state index in [1.165, 1.54) is 5.01 Å². The van der Waals surface area contributed by atoms with Gasteiger partial charge in [-0.3, -0.25) is 4.79 Å². The monoisotopic (exact) mass is 370 g/mol. The van der Waals surface area contributed by atoms with Gasteiger partial charge in [0.05, 0.1) is 17.0 Å². The number of carboxylic acids is 1. The zero-order valence-corrected chi connectivity index (χ0v) is 14.6. The average molecular weight is 371 g/mol. The summed E-state index contributed by atoms with van der Waals surface area (Å²) in [5.74, 6) is -0.971. The Morgan fingerprint density at radius 3 is 2.62 bits per heavy atom. The molecule has 132 valence electrons. The summed E-state index contributed by atoms with van der Waals surface area (Å²) in [6.07, 6.45) is 1.65. The van der Waals surface area contributed by atoms with Gasteiger partial charge >= 0.3 is 5.97 Å². The molecule has 0 aromatic heterocycles. The Hall–Kier alpha value is -3.12. The standard InChI is InChI=1S/C19H15ClN2O4/c1-12-16(10-13-4-2-3-5-17(13)26-11-18(23)24)19(25)22(21-12)15-8-6-14(20)7-9-15/h2-10H,11H2,1H3,(H,23,24). The third-order valence-electron chi connectivity index (χ3n) is 3.70. The highest BCUT2D eigenvalue weighted by molar-refractivity contribution is 6.32. The fourth-order valence-corrected chi connectivity index (χ4v) is 2.59. The molecule has 0 atom stereocenters. The quantitative estimate of drug-likeness (QED) is 0.815. The predicted octanol–water partition coefficient (Wildman–Crippen LogP) is 3.61. The van der Waals surface area contributed by atoms with E-state index < -0.39 is 12.6 Å². The van der Waals surface area contributed by atoms with E-state index >= 15 is 0 Å². The van der Waals surface area contributed by atoms with Crippen molar-refractivity contribution >= 4 is 41.0 Å². The highest BCUT2D eigenvalue weighted by Crippen LogP contribution is 2.28. The minimum absolute atomic E-state index is 0.280. The second-order valence-electron chi connectivity index (χ2n) is 5.56. The lowest BCUT2D eigenvalue weighted by molar-refractivity contribution is -0.139. The zero-order chi connectivity index (χ0) is 18.7. The number of aliphatic carboxylic acids is 1. The minimum Gasteiger partial charge on any atom is -0.481 e. The molecule has 1 heterocycles. The molecular formula is C19H15ClN2O4. The third kappa shape index (κ3) is 3.75. The summed E-state index contributed by atoms with van der Waals surface area (Å²) in [7, 11) is 0. The Bertz CT molecular complexity index is 919. The number of hydrazone groups is 1. The van der Waals surface area contributed by atoms with Crippen LogP contribution in [0.25, 0.3) is 6.08 Å². The third-order valence-corrected chi connectivity index (χ3v) is 3.96. The number of ether oxygens (including phenoxy) is 1. The number of para-hydroxylation sites is 1. The van der Waals surface area contributed by atoms with Crippen LogP contribution < -0.4 is 9.75 Å². The molecule has 2 aromatic carbocycles. The summed E-state index contributed by atoms with van der Waals surface area (Å²) < 4.78 is 5.28. The van der Waals surface area contributed by atoms with E-state index in [0.717, 1.165) is 0 Å². The normalized spacial score (nSPS) is 15.3. The summed E-state index contributed by atoms with van der Waals surface area (Å²) in [6.45, 7) is 1.28. The molecule has 0 radical (unpaired) electrons. The smallest absolute Gasteiger partial charge is 0.341 e. The molecule has 1 aliphatic rings. The maximum atomic E-state index is 12.8. The molecule has 0 fully saturated rings. The molecule has 7 heteroatoms. The summed E-state index contributed by atoms with van der Waals surface area (Å²) >= 11 is 5.88. The Balaban J connectivity index is 1.91. The van der Waals surface area contributed by atoms with Crippen molar-refractivity contribution in [1.29, 1.82) is 0 Å². The lowest BCUT2D eigenvalue weighted by Crippen LogP contribution is -2.21. The van der Waals surface area contributed by atoms with Gasteiger partial charge in [-0.2, -0.15) is 10.1 Å². The predicted molar refractivity (Wildman–Crippen MR) is 99.6 cm³/mol. The number of carbonyl (C=O) groups is 2.